The van der Waals surface area contributed by atoms with Crippen LogP contribution in [0.2, 0.25) is 10.0 Å². The van der Waals surface area contributed by atoms with E-state index in [4.69, 9.17) is 23.2 Å². The van der Waals surface area contributed by atoms with Crippen LogP contribution in [-0.4, -0.2) is 41.4 Å². The zero-order valence-electron chi connectivity index (χ0n) is 11.7. The van der Waals surface area contributed by atoms with Crippen molar-refractivity contribution in [2.24, 2.45) is 0 Å². The van der Waals surface area contributed by atoms with Crippen LogP contribution < -0.4 is 10.2 Å². The summed E-state index contributed by atoms with van der Waals surface area (Å²) in [7, 11) is 2.01. The molecule has 1 aromatic carbocycles. The van der Waals surface area contributed by atoms with Gasteiger partial charge < -0.3 is 10.2 Å². The highest BCUT2D eigenvalue weighted by molar-refractivity contribution is 6.43. The van der Waals surface area contributed by atoms with Crippen molar-refractivity contribution in [3.63, 3.8) is 0 Å². The van der Waals surface area contributed by atoms with Gasteiger partial charge in [0.2, 0.25) is 5.95 Å². The molecule has 0 aliphatic carbocycles. The molecule has 2 heterocycles. The maximum Gasteiger partial charge on any atom is 0.245 e. The molecular formula is C14H17Cl2N5. The Morgan fingerprint density at radius 1 is 1.29 bits per heavy atom. The first-order chi connectivity index (χ1) is 10.2. The number of rotatable bonds is 3. The first-order valence-corrected chi connectivity index (χ1v) is 7.73. The predicted molar refractivity (Wildman–Crippen MR) is 86.1 cm³/mol. The van der Waals surface area contributed by atoms with E-state index >= 15 is 0 Å². The standard InChI is InChI=1S/C14H17Cl2N5/c1-17-9-5-7-21(8-6-9)14-18-13(19-20-14)10-3-2-4-11(15)12(10)16/h2-4,9,17H,5-8H2,1H3,(H,18,19,20). The zero-order valence-corrected chi connectivity index (χ0v) is 13.2. The van der Waals surface area contributed by atoms with E-state index in [0.29, 0.717) is 21.9 Å². The molecule has 0 saturated carbocycles. The molecule has 1 fully saturated rings. The normalized spacial score (nSPS) is 16.4. The molecule has 1 aliphatic heterocycles. The second-order valence-corrected chi connectivity index (χ2v) is 5.92. The number of anilines is 1. The molecule has 0 spiro atoms. The van der Waals surface area contributed by atoms with Crippen LogP contribution >= 0.6 is 23.2 Å². The molecule has 1 saturated heterocycles. The van der Waals surface area contributed by atoms with Gasteiger partial charge in [-0.2, -0.15) is 4.98 Å². The fraction of sp³-hybridized carbons (Fsp3) is 0.429. The third-order valence-electron chi connectivity index (χ3n) is 3.87. The summed E-state index contributed by atoms with van der Waals surface area (Å²) < 4.78 is 0. The quantitative estimate of drug-likeness (QED) is 0.910. The third kappa shape index (κ3) is 3.00. The van der Waals surface area contributed by atoms with Crippen molar-refractivity contribution < 1.29 is 0 Å². The fourth-order valence-electron chi connectivity index (χ4n) is 2.57. The maximum atomic E-state index is 6.22. The molecule has 0 radical (unpaired) electrons. The van der Waals surface area contributed by atoms with Crippen molar-refractivity contribution in [1.82, 2.24) is 20.5 Å². The van der Waals surface area contributed by atoms with Crippen LogP contribution in [0.3, 0.4) is 0 Å². The van der Waals surface area contributed by atoms with E-state index in [-0.39, 0.29) is 0 Å². The second kappa shape index (κ2) is 6.22. The summed E-state index contributed by atoms with van der Waals surface area (Å²) >= 11 is 12.3. The van der Waals surface area contributed by atoms with Crippen LogP contribution in [0.5, 0.6) is 0 Å². The molecule has 1 aromatic heterocycles. The first-order valence-electron chi connectivity index (χ1n) is 6.98. The van der Waals surface area contributed by atoms with Crippen molar-refractivity contribution in [3.8, 4) is 11.4 Å². The van der Waals surface area contributed by atoms with Gasteiger partial charge in [0, 0.05) is 24.7 Å². The fourth-order valence-corrected chi connectivity index (χ4v) is 2.96. The van der Waals surface area contributed by atoms with Gasteiger partial charge in [0.15, 0.2) is 5.82 Å². The summed E-state index contributed by atoms with van der Waals surface area (Å²) in [6, 6.07) is 6.07. The lowest BCUT2D eigenvalue weighted by molar-refractivity contribution is 0.439. The van der Waals surface area contributed by atoms with Gasteiger partial charge in [-0.3, -0.25) is 5.10 Å². The Kier molecular flexibility index (Phi) is 4.33. The molecule has 3 rings (SSSR count). The SMILES string of the molecule is CNC1CCN(c2n[nH]c(-c3cccc(Cl)c3Cl)n2)CC1. The maximum absolute atomic E-state index is 6.22. The van der Waals surface area contributed by atoms with Crippen molar-refractivity contribution in [1.29, 1.82) is 0 Å². The minimum Gasteiger partial charge on any atom is -0.339 e. The molecule has 0 unspecified atom stereocenters. The van der Waals surface area contributed by atoms with E-state index < -0.39 is 0 Å². The summed E-state index contributed by atoms with van der Waals surface area (Å²) in [5, 5.41) is 11.6. The number of benzene rings is 1. The molecular weight excluding hydrogens is 309 g/mol. The number of halogens is 2. The van der Waals surface area contributed by atoms with Gasteiger partial charge in [-0.1, -0.05) is 29.3 Å². The smallest absolute Gasteiger partial charge is 0.245 e. The highest BCUT2D eigenvalue weighted by Crippen LogP contribution is 2.32. The zero-order chi connectivity index (χ0) is 14.8. The summed E-state index contributed by atoms with van der Waals surface area (Å²) in [4.78, 5) is 6.74. The summed E-state index contributed by atoms with van der Waals surface area (Å²) in [5.74, 6) is 1.36. The number of aromatic amines is 1. The topological polar surface area (TPSA) is 56.8 Å². The molecule has 2 N–H and O–H groups in total. The van der Waals surface area contributed by atoms with Crippen molar-refractivity contribution in [2.45, 2.75) is 18.9 Å². The van der Waals surface area contributed by atoms with Gasteiger partial charge >= 0.3 is 0 Å². The van der Waals surface area contributed by atoms with Gasteiger partial charge in [0.05, 0.1) is 10.0 Å². The third-order valence-corrected chi connectivity index (χ3v) is 4.69. The number of H-pyrrole nitrogens is 1. The highest BCUT2D eigenvalue weighted by Gasteiger charge is 2.21. The van der Waals surface area contributed by atoms with Gasteiger partial charge in [0.1, 0.15) is 0 Å². The summed E-state index contributed by atoms with van der Waals surface area (Å²) in [5.41, 5.74) is 0.771. The van der Waals surface area contributed by atoms with Gasteiger partial charge in [0.25, 0.3) is 0 Å². The van der Waals surface area contributed by atoms with Crippen molar-refractivity contribution in [2.75, 3.05) is 25.0 Å². The van der Waals surface area contributed by atoms with Gasteiger partial charge in [-0.25, -0.2) is 0 Å². The monoisotopic (exact) mass is 325 g/mol. The number of nitrogens with one attached hydrogen (secondary N) is 2. The molecule has 0 bridgehead atoms. The largest absolute Gasteiger partial charge is 0.339 e. The van der Waals surface area contributed by atoms with Gasteiger partial charge in [-0.05, 0) is 32.0 Å². The van der Waals surface area contributed by atoms with E-state index in [0.717, 1.165) is 37.4 Å². The molecule has 7 heteroatoms. The van der Waals surface area contributed by atoms with Crippen LogP contribution in [0, 0.1) is 0 Å². The molecule has 112 valence electrons. The van der Waals surface area contributed by atoms with Gasteiger partial charge in [-0.15, -0.1) is 5.10 Å². The van der Waals surface area contributed by atoms with E-state index in [1.807, 2.05) is 19.2 Å². The lowest BCUT2D eigenvalue weighted by atomic mass is 10.1. The van der Waals surface area contributed by atoms with E-state index in [9.17, 15) is 0 Å². The lowest BCUT2D eigenvalue weighted by Crippen LogP contribution is -2.41. The molecule has 0 amide bonds. The number of hydrogen-bond acceptors (Lipinski definition) is 4. The predicted octanol–water partition coefficient (Wildman–Crippen LogP) is 2.97. The Morgan fingerprint density at radius 3 is 2.76 bits per heavy atom. The van der Waals surface area contributed by atoms with Crippen LogP contribution in [0.1, 0.15) is 12.8 Å². The second-order valence-electron chi connectivity index (χ2n) is 5.14. The van der Waals surface area contributed by atoms with E-state index in [1.54, 1.807) is 6.07 Å². The minimum atomic E-state index is 0.496. The Morgan fingerprint density at radius 2 is 2.05 bits per heavy atom. The summed E-state index contributed by atoms with van der Waals surface area (Å²) in [6.45, 7) is 1.90. The summed E-state index contributed by atoms with van der Waals surface area (Å²) in [6.07, 6.45) is 2.19. The number of piperidine rings is 1. The molecule has 5 nitrogen and oxygen atoms in total. The van der Waals surface area contributed by atoms with Crippen LogP contribution in [0.25, 0.3) is 11.4 Å². The molecule has 0 atom stereocenters. The van der Waals surface area contributed by atoms with Crippen LogP contribution in [0.4, 0.5) is 5.95 Å². The lowest BCUT2D eigenvalue weighted by Gasteiger charge is -2.30. The van der Waals surface area contributed by atoms with Crippen molar-refractivity contribution >= 4 is 29.2 Å². The number of hydrogen-bond donors (Lipinski definition) is 2. The Bertz CT molecular complexity index is 620. The van der Waals surface area contributed by atoms with E-state index in [1.165, 1.54) is 0 Å². The highest BCUT2D eigenvalue weighted by atomic mass is 35.5. The van der Waals surface area contributed by atoms with Crippen LogP contribution in [0.15, 0.2) is 18.2 Å². The number of nitrogens with zero attached hydrogens (tertiary/aromatic N) is 3. The number of aromatic nitrogens is 3. The molecule has 1 aliphatic rings. The molecule has 2 aromatic rings. The average molecular weight is 326 g/mol. The van der Waals surface area contributed by atoms with Crippen molar-refractivity contribution in [3.05, 3.63) is 28.2 Å². The molecule has 21 heavy (non-hydrogen) atoms. The van der Waals surface area contributed by atoms with E-state index in [2.05, 4.69) is 25.4 Å². The Balaban J connectivity index is 1.79. The Labute approximate surface area is 133 Å². The van der Waals surface area contributed by atoms with Crippen LogP contribution in [-0.2, 0) is 0 Å². The average Bonchev–Trinajstić information content (AvgIpc) is 3.00. The first kappa shape index (κ1) is 14.6. The Hall–Kier alpha value is -1.30. The minimum absolute atomic E-state index is 0.496.